The van der Waals surface area contributed by atoms with Crippen molar-refractivity contribution in [1.82, 2.24) is 9.47 Å². The molecule has 0 amide bonds. The summed E-state index contributed by atoms with van der Waals surface area (Å²) in [4.78, 5) is 14.2. The zero-order valence-electron chi connectivity index (χ0n) is 14.1. The van der Waals surface area contributed by atoms with Crippen LogP contribution in [0.1, 0.15) is 36.2 Å². The molecule has 0 unspecified atom stereocenters. The number of carbonyl (C=O) groups is 1. The molecule has 0 saturated heterocycles. The zero-order valence-corrected chi connectivity index (χ0v) is 14.1. The highest BCUT2D eigenvalue weighted by Crippen LogP contribution is 2.33. The SMILES string of the molecule is COC(=O)Cc1c(C)n(C)c2cc3c(cc12)CN(C(C)C)C3. The van der Waals surface area contributed by atoms with Gasteiger partial charge in [-0.1, -0.05) is 0 Å². The van der Waals surface area contributed by atoms with Crippen LogP contribution in [0.5, 0.6) is 0 Å². The van der Waals surface area contributed by atoms with Crippen molar-refractivity contribution in [1.29, 1.82) is 0 Å². The van der Waals surface area contributed by atoms with Crippen LogP contribution in [-0.2, 0) is 36.1 Å². The van der Waals surface area contributed by atoms with Gasteiger partial charge in [-0.2, -0.15) is 0 Å². The highest BCUT2D eigenvalue weighted by Gasteiger charge is 2.24. The van der Waals surface area contributed by atoms with E-state index in [9.17, 15) is 4.79 Å². The van der Waals surface area contributed by atoms with E-state index in [2.05, 4.69) is 49.4 Å². The monoisotopic (exact) mass is 300 g/mol. The van der Waals surface area contributed by atoms with Crippen molar-refractivity contribution >= 4 is 16.9 Å². The van der Waals surface area contributed by atoms with E-state index in [0.717, 1.165) is 24.3 Å². The third kappa shape index (κ3) is 2.31. The molecule has 4 nitrogen and oxygen atoms in total. The molecule has 1 aromatic heterocycles. The Morgan fingerprint density at radius 3 is 2.50 bits per heavy atom. The van der Waals surface area contributed by atoms with Gasteiger partial charge in [-0.25, -0.2) is 0 Å². The predicted molar refractivity (Wildman–Crippen MR) is 87.8 cm³/mol. The third-order valence-electron chi connectivity index (χ3n) is 4.97. The van der Waals surface area contributed by atoms with E-state index in [4.69, 9.17) is 4.74 Å². The first-order valence-corrected chi connectivity index (χ1v) is 7.83. The summed E-state index contributed by atoms with van der Waals surface area (Å²) >= 11 is 0. The molecule has 2 aromatic rings. The number of carbonyl (C=O) groups excluding carboxylic acids is 1. The van der Waals surface area contributed by atoms with Crippen LogP contribution in [0.2, 0.25) is 0 Å². The number of aryl methyl sites for hydroxylation is 1. The molecule has 1 aromatic carbocycles. The second kappa shape index (κ2) is 5.43. The number of benzene rings is 1. The maximum Gasteiger partial charge on any atom is 0.310 e. The Morgan fingerprint density at radius 2 is 1.91 bits per heavy atom. The van der Waals surface area contributed by atoms with E-state index in [1.165, 1.54) is 29.1 Å². The van der Waals surface area contributed by atoms with E-state index < -0.39 is 0 Å². The molecule has 0 bridgehead atoms. The molecule has 0 aliphatic carbocycles. The van der Waals surface area contributed by atoms with E-state index in [0.29, 0.717) is 12.5 Å². The molecule has 0 atom stereocenters. The van der Waals surface area contributed by atoms with Gasteiger partial charge in [0, 0.05) is 42.8 Å². The van der Waals surface area contributed by atoms with Crippen molar-refractivity contribution in [2.45, 2.75) is 46.3 Å². The average molecular weight is 300 g/mol. The fraction of sp³-hybridized carbons (Fsp3) is 0.500. The van der Waals surface area contributed by atoms with Gasteiger partial charge >= 0.3 is 5.97 Å². The Morgan fingerprint density at radius 1 is 1.27 bits per heavy atom. The maximum atomic E-state index is 11.7. The van der Waals surface area contributed by atoms with Gasteiger partial charge in [-0.3, -0.25) is 9.69 Å². The standard InChI is InChI=1S/C18H24N2O2/c1-11(2)20-9-13-6-16-15(8-18(21)22-5)12(3)19(4)17(16)7-14(13)10-20/h6-7,11H,8-10H2,1-5H3. The molecular weight excluding hydrogens is 276 g/mol. The fourth-order valence-corrected chi connectivity index (χ4v) is 3.37. The summed E-state index contributed by atoms with van der Waals surface area (Å²) in [6.07, 6.45) is 0.340. The smallest absolute Gasteiger partial charge is 0.310 e. The number of aromatic nitrogens is 1. The van der Waals surface area contributed by atoms with Crippen molar-refractivity contribution in [3.63, 3.8) is 0 Å². The van der Waals surface area contributed by atoms with Gasteiger partial charge in [0.1, 0.15) is 0 Å². The normalized spacial score (nSPS) is 14.8. The predicted octanol–water partition coefficient (Wildman–Crippen LogP) is 2.93. The van der Waals surface area contributed by atoms with Crippen LogP contribution in [0.3, 0.4) is 0 Å². The highest BCUT2D eigenvalue weighted by molar-refractivity contribution is 5.90. The molecule has 3 rings (SSSR count). The van der Waals surface area contributed by atoms with E-state index >= 15 is 0 Å². The number of ether oxygens (including phenoxy) is 1. The van der Waals surface area contributed by atoms with E-state index in [1.807, 2.05) is 0 Å². The van der Waals surface area contributed by atoms with Gasteiger partial charge in [0.15, 0.2) is 0 Å². The summed E-state index contributed by atoms with van der Waals surface area (Å²) in [5.74, 6) is -0.181. The topological polar surface area (TPSA) is 34.5 Å². The van der Waals surface area contributed by atoms with Crippen molar-refractivity contribution in [3.8, 4) is 0 Å². The van der Waals surface area contributed by atoms with Crippen molar-refractivity contribution in [2.75, 3.05) is 7.11 Å². The van der Waals surface area contributed by atoms with Crippen molar-refractivity contribution in [2.24, 2.45) is 7.05 Å². The molecule has 118 valence electrons. The molecule has 1 aliphatic rings. The lowest BCUT2D eigenvalue weighted by Gasteiger charge is -2.18. The van der Waals surface area contributed by atoms with Crippen LogP contribution in [0.25, 0.3) is 10.9 Å². The van der Waals surface area contributed by atoms with Crippen LogP contribution in [0.15, 0.2) is 12.1 Å². The highest BCUT2D eigenvalue weighted by atomic mass is 16.5. The molecule has 1 aliphatic heterocycles. The first-order chi connectivity index (χ1) is 10.4. The summed E-state index contributed by atoms with van der Waals surface area (Å²) in [6.45, 7) is 8.55. The first kappa shape index (κ1) is 15.1. The minimum Gasteiger partial charge on any atom is -0.469 e. The number of esters is 1. The largest absolute Gasteiger partial charge is 0.469 e. The van der Waals surface area contributed by atoms with Crippen molar-refractivity contribution in [3.05, 3.63) is 34.5 Å². The Balaban J connectivity index is 2.10. The number of rotatable bonds is 3. The van der Waals surface area contributed by atoms with Crippen LogP contribution in [0.4, 0.5) is 0 Å². The van der Waals surface area contributed by atoms with Crippen LogP contribution in [-0.4, -0.2) is 28.6 Å². The molecule has 22 heavy (non-hydrogen) atoms. The Bertz CT molecular complexity index is 743. The number of hydrogen-bond acceptors (Lipinski definition) is 3. The van der Waals surface area contributed by atoms with E-state index in [1.54, 1.807) is 0 Å². The molecule has 0 spiro atoms. The number of hydrogen-bond donors (Lipinski definition) is 0. The van der Waals surface area contributed by atoms with Crippen LogP contribution >= 0.6 is 0 Å². The van der Waals surface area contributed by atoms with E-state index in [-0.39, 0.29) is 5.97 Å². The molecule has 0 N–H and O–H groups in total. The lowest BCUT2D eigenvalue weighted by atomic mass is 10.0. The summed E-state index contributed by atoms with van der Waals surface area (Å²) in [7, 11) is 3.51. The molecular formula is C18H24N2O2. The van der Waals surface area contributed by atoms with Gasteiger partial charge in [0.2, 0.25) is 0 Å². The molecule has 2 heterocycles. The summed E-state index contributed by atoms with van der Waals surface area (Å²) in [6, 6.07) is 5.12. The quantitative estimate of drug-likeness (QED) is 0.817. The summed E-state index contributed by atoms with van der Waals surface area (Å²) in [5.41, 5.74) is 6.24. The van der Waals surface area contributed by atoms with Gasteiger partial charge in [-0.05, 0) is 49.6 Å². The molecule has 0 fully saturated rings. The lowest BCUT2D eigenvalue weighted by Crippen LogP contribution is -2.24. The third-order valence-corrected chi connectivity index (χ3v) is 4.97. The lowest BCUT2D eigenvalue weighted by molar-refractivity contribution is -0.139. The summed E-state index contributed by atoms with van der Waals surface area (Å²) < 4.78 is 7.04. The maximum absolute atomic E-state index is 11.7. The number of nitrogens with zero attached hydrogens (tertiary/aromatic N) is 2. The fourth-order valence-electron chi connectivity index (χ4n) is 3.37. The molecule has 4 heteroatoms. The Labute approximate surface area is 131 Å². The zero-order chi connectivity index (χ0) is 16.0. The summed E-state index contributed by atoms with van der Waals surface area (Å²) in [5, 5.41) is 1.19. The van der Waals surface area contributed by atoms with Gasteiger partial charge in [0.25, 0.3) is 0 Å². The van der Waals surface area contributed by atoms with Crippen LogP contribution < -0.4 is 0 Å². The second-order valence-electron chi connectivity index (χ2n) is 6.51. The van der Waals surface area contributed by atoms with Gasteiger partial charge < -0.3 is 9.30 Å². The van der Waals surface area contributed by atoms with Gasteiger partial charge in [0.05, 0.1) is 13.5 Å². The molecule has 0 radical (unpaired) electrons. The average Bonchev–Trinajstić information content (AvgIpc) is 3.00. The minimum absolute atomic E-state index is 0.181. The minimum atomic E-state index is -0.181. The van der Waals surface area contributed by atoms with Crippen LogP contribution in [0, 0.1) is 6.92 Å². The van der Waals surface area contributed by atoms with Gasteiger partial charge in [-0.15, -0.1) is 0 Å². The first-order valence-electron chi connectivity index (χ1n) is 7.83. The number of methoxy groups -OCH3 is 1. The second-order valence-corrected chi connectivity index (χ2v) is 6.51. The Kier molecular flexibility index (Phi) is 3.73. The Hall–Kier alpha value is -1.81. The number of fused-ring (bicyclic) bond motifs is 2. The molecule has 0 saturated carbocycles. The van der Waals surface area contributed by atoms with Crippen molar-refractivity contribution < 1.29 is 9.53 Å².